The zero-order chi connectivity index (χ0) is 22.7. The van der Waals surface area contributed by atoms with Gasteiger partial charge in [0.1, 0.15) is 11.6 Å². The average Bonchev–Trinajstić information content (AvgIpc) is 3.40. The van der Waals surface area contributed by atoms with E-state index in [1.807, 2.05) is 4.90 Å². The number of alkyl halides is 3. The molecule has 1 aromatic carbocycles. The summed E-state index contributed by atoms with van der Waals surface area (Å²) in [5.41, 5.74) is -2.62. The van der Waals surface area contributed by atoms with Crippen molar-refractivity contribution in [2.75, 3.05) is 28.6 Å². The van der Waals surface area contributed by atoms with Crippen LogP contribution in [0.2, 0.25) is 0 Å². The van der Waals surface area contributed by atoms with Crippen LogP contribution in [-0.2, 0) is 0 Å². The number of nitrogens with one attached hydrogen (secondary N) is 3. The van der Waals surface area contributed by atoms with Gasteiger partial charge in [-0.05, 0) is 36.8 Å². The number of pyridine rings is 1. The molecule has 4 rings (SSSR count). The maximum atomic E-state index is 12.7. The fraction of sp³-hybridized carbons (Fsp3) is 0.250. The predicted molar refractivity (Wildman–Crippen MR) is 115 cm³/mol. The summed E-state index contributed by atoms with van der Waals surface area (Å²) in [5, 5.41) is 15.7. The lowest BCUT2D eigenvalue weighted by atomic mass is 10.2. The van der Waals surface area contributed by atoms with E-state index in [-0.39, 0.29) is 11.3 Å². The van der Waals surface area contributed by atoms with E-state index in [0.29, 0.717) is 42.5 Å². The van der Waals surface area contributed by atoms with Gasteiger partial charge in [-0.25, -0.2) is 9.97 Å². The normalized spacial score (nSPS) is 16.1. The molecule has 3 heterocycles. The van der Waals surface area contributed by atoms with Crippen LogP contribution in [0.1, 0.15) is 16.8 Å². The molecule has 3 aromatic rings. The number of amides is 1. The molecule has 1 amide bonds. The highest BCUT2D eigenvalue weighted by molar-refractivity contribution is 6.20. The number of β-amino-alcohol motifs (C(OH)–C–C–N with tert-alkyl or cyclic N) is 1. The SMILES string of the molecule is O=C(Nc1ccc(OC(F)(F)Cl)cc1)c1cnc(N2CC[C@@H](O)C2)c(Nc2cnc[nH]2)c1. The van der Waals surface area contributed by atoms with Gasteiger partial charge < -0.3 is 30.4 Å². The maximum Gasteiger partial charge on any atom is 0.487 e. The first kappa shape index (κ1) is 21.8. The molecule has 1 fully saturated rings. The summed E-state index contributed by atoms with van der Waals surface area (Å²) in [5.74, 6) is 0.607. The number of benzene rings is 1. The van der Waals surface area contributed by atoms with Gasteiger partial charge in [-0.1, -0.05) is 0 Å². The Morgan fingerprint density at radius 1 is 1.31 bits per heavy atom. The minimum Gasteiger partial charge on any atom is -0.420 e. The molecule has 9 nitrogen and oxygen atoms in total. The largest absolute Gasteiger partial charge is 0.487 e. The van der Waals surface area contributed by atoms with E-state index in [1.54, 1.807) is 12.3 Å². The first-order valence-corrected chi connectivity index (χ1v) is 10.0. The molecule has 32 heavy (non-hydrogen) atoms. The number of imidazole rings is 1. The third-order valence-electron chi connectivity index (χ3n) is 4.71. The molecule has 0 spiro atoms. The number of hydrogen-bond donors (Lipinski definition) is 4. The molecule has 0 radical (unpaired) electrons. The van der Waals surface area contributed by atoms with Gasteiger partial charge in [-0.2, -0.15) is 0 Å². The van der Waals surface area contributed by atoms with E-state index in [1.165, 1.54) is 36.8 Å². The Hall–Kier alpha value is -3.44. The summed E-state index contributed by atoms with van der Waals surface area (Å²) in [6.07, 6.45) is 4.72. The van der Waals surface area contributed by atoms with Gasteiger partial charge in [0.25, 0.3) is 5.91 Å². The van der Waals surface area contributed by atoms with Crippen LogP contribution in [-0.4, -0.2) is 50.7 Å². The summed E-state index contributed by atoms with van der Waals surface area (Å²) in [7, 11) is 0. The molecule has 1 aliphatic rings. The monoisotopic (exact) mass is 464 g/mol. The first-order valence-electron chi connectivity index (χ1n) is 9.62. The third kappa shape index (κ3) is 5.42. The maximum absolute atomic E-state index is 12.7. The molecule has 0 aliphatic carbocycles. The van der Waals surface area contributed by atoms with Crippen molar-refractivity contribution in [3.63, 3.8) is 0 Å². The number of ether oxygens (including phenoxy) is 1. The lowest BCUT2D eigenvalue weighted by Crippen LogP contribution is -2.24. The highest BCUT2D eigenvalue weighted by Crippen LogP contribution is 2.30. The van der Waals surface area contributed by atoms with Crippen LogP contribution in [0.4, 0.5) is 31.8 Å². The third-order valence-corrected chi connectivity index (χ3v) is 4.78. The number of rotatable bonds is 7. The van der Waals surface area contributed by atoms with Crippen LogP contribution < -0.4 is 20.3 Å². The number of carbonyl (C=O) groups excluding carboxylic acids is 1. The molecule has 0 unspecified atom stereocenters. The lowest BCUT2D eigenvalue weighted by molar-refractivity contribution is -0.0964. The van der Waals surface area contributed by atoms with Gasteiger partial charge >= 0.3 is 5.57 Å². The number of aliphatic hydroxyl groups excluding tert-OH is 1. The van der Waals surface area contributed by atoms with Crippen molar-refractivity contribution in [1.82, 2.24) is 15.0 Å². The molecule has 0 bridgehead atoms. The van der Waals surface area contributed by atoms with Crippen LogP contribution in [0.15, 0.2) is 49.1 Å². The molecule has 1 aliphatic heterocycles. The van der Waals surface area contributed by atoms with Crippen molar-refractivity contribution in [2.24, 2.45) is 0 Å². The number of hydrogen-bond acceptors (Lipinski definition) is 7. The number of aromatic nitrogens is 3. The molecular formula is C20H19ClF2N6O3. The second-order valence-electron chi connectivity index (χ2n) is 7.10. The van der Waals surface area contributed by atoms with Gasteiger partial charge in [0.2, 0.25) is 0 Å². The Morgan fingerprint density at radius 3 is 2.72 bits per heavy atom. The van der Waals surface area contributed by atoms with Crippen LogP contribution in [0.25, 0.3) is 0 Å². The second-order valence-corrected chi connectivity index (χ2v) is 7.54. The van der Waals surface area contributed by atoms with Crippen LogP contribution in [0.5, 0.6) is 5.75 Å². The highest BCUT2D eigenvalue weighted by atomic mass is 35.5. The van der Waals surface area contributed by atoms with E-state index in [0.717, 1.165) is 0 Å². The quantitative estimate of drug-likeness (QED) is 0.395. The number of carbonyl (C=O) groups is 1. The van der Waals surface area contributed by atoms with Crippen molar-refractivity contribution in [3.05, 3.63) is 54.6 Å². The summed E-state index contributed by atoms with van der Waals surface area (Å²) in [6, 6.07) is 6.98. The molecule has 168 valence electrons. The Balaban J connectivity index is 1.53. The van der Waals surface area contributed by atoms with Crippen molar-refractivity contribution in [2.45, 2.75) is 18.1 Å². The minimum absolute atomic E-state index is 0.145. The lowest BCUT2D eigenvalue weighted by Gasteiger charge is -2.21. The number of aliphatic hydroxyl groups is 1. The van der Waals surface area contributed by atoms with E-state index in [2.05, 4.69) is 30.3 Å². The Kier molecular flexibility index (Phi) is 6.10. The minimum atomic E-state index is -3.82. The van der Waals surface area contributed by atoms with Crippen molar-refractivity contribution < 1.29 is 23.4 Å². The Labute approximate surface area is 186 Å². The second kappa shape index (κ2) is 8.97. The fourth-order valence-electron chi connectivity index (χ4n) is 3.27. The smallest absolute Gasteiger partial charge is 0.420 e. The Bertz CT molecular complexity index is 1080. The average molecular weight is 465 g/mol. The summed E-state index contributed by atoms with van der Waals surface area (Å²) in [6.45, 7) is 1.07. The summed E-state index contributed by atoms with van der Waals surface area (Å²) >= 11 is 4.74. The summed E-state index contributed by atoms with van der Waals surface area (Å²) in [4.78, 5) is 26.0. The number of aromatic amines is 1. The number of H-pyrrole nitrogens is 1. The fourth-order valence-corrected chi connectivity index (χ4v) is 3.36. The molecule has 4 N–H and O–H groups in total. The van der Waals surface area contributed by atoms with E-state index in [4.69, 9.17) is 11.6 Å². The van der Waals surface area contributed by atoms with Crippen molar-refractivity contribution in [1.29, 1.82) is 0 Å². The van der Waals surface area contributed by atoms with Gasteiger partial charge in [0.05, 0.1) is 29.9 Å². The van der Waals surface area contributed by atoms with Crippen molar-refractivity contribution in [3.8, 4) is 5.75 Å². The predicted octanol–water partition coefficient (Wildman–Crippen LogP) is 3.54. The van der Waals surface area contributed by atoms with Crippen LogP contribution in [0.3, 0.4) is 0 Å². The van der Waals surface area contributed by atoms with Gasteiger partial charge in [0.15, 0.2) is 5.82 Å². The summed E-state index contributed by atoms with van der Waals surface area (Å²) < 4.78 is 29.7. The van der Waals surface area contributed by atoms with E-state index in [9.17, 15) is 18.7 Å². The Morgan fingerprint density at radius 2 is 2.09 bits per heavy atom. The topological polar surface area (TPSA) is 115 Å². The molecular weight excluding hydrogens is 446 g/mol. The number of halogens is 3. The highest BCUT2D eigenvalue weighted by Gasteiger charge is 2.27. The first-order chi connectivity index (χ1) is 15.3. The molecule has 1 saturated heterocycles. The van der Waals surface area contributed by atoms with E-state index >= 15 is 0 Å². The molecule has 12 heteroatoms. The zero-order valence-corrected chi connectivity index (χ0v) is 17.3. The van der Waals surface area contributed by atoms with E-state index < -0.39 is 17.6 Å². The van der Waals surface area contributed by atoms with Crippen molar-refractivity contribution >= 4 is 40.5 Å². The number of anilines is 4. The van der Waals surface area contributed by atoms with Gasteiger partial charge in [-0.3, -0.25) is 4.79 Å². The molecule has 0 saturated carbocycles. The van der Waals surface area contributed by atoms with Gasteiger partial charge in [-0.15, -0.1) is 8.78 Å². The standard InChI is InChI=1S/C20H19ClF2N6O3/c21-20(22,23)32-15-3-1-13(2-4-15)27-19(31)12-7-16(28-17-9-24-11-26-17)18(25-8-12)29-6-5-14(30)10-29/h1-4,7-9,11,14,28,30H,5-6,10H2,(H,24,26)(H,27,31)/t14-/m1/s1. The zero-order valence-electron chi connectivity index (χ0n) is 16.6. The van der Waals surface area contributed by atoms with Crippen LogP contribution in [0, 0.1) is 0 Å². The van der Waals surface area contributed by atoms with Gasteiger partial charge in [0, 0.05) is 36.6 Å². The number of nitrogens with zero attached hydrogens (tertiary/aromatic N) is 3. The molecule has 2 aromatic heterocycles. The molecule has 1 atom stereocenters. The van der Waals surface area contributed by atoms with Crippen LogP contribution >= 0.6 is 11.6 Å².